The molecule has 0 amide bonds. The summed E-state index contributed by atoms with van der Waals surface area (Å²) in [5, 5.41) is 18.1. The number of hydrogen-bond acceptors (Lipinski definition) is 6. The summed E-state index contributed by atoms with van der Waals surface area (Å²) in [7, 11) is 0. The second-order valence-corrected chi connectivity index (χ2v) is 4.84. The molecule has 0 fully saturated rings. The first kappa shape index (κ1) is 16.0. The van der Waals surface area contributed by atoms with E-state index in [1.54, 1.807) is 36.5 Å². The number of aromatic nitrogens is 2. The Hall–Kier alpha value is -3.92. The number of carboxylic acids is 1. The van der Waals surface area contributed by atoms with Crippen LogP contribution in [0.2, 0.25) is 0 Å². The Balaban J connectivity index is 1.88. The molecule has 25 heavy (non-hydrogen) atoms. The Morgan fingerprint density at radius 1 is 1.00 bits per heavy atom. The van der Waals surface area contributed by atoms with Crippen LogP contribution in [0, 0.1) is 11.3 Å². The second kappa shape index (κ2) is 7.10. The number of carbonyl (C=O) groups is 1. The van der Waals surface area contributed by atoms with Gasteiger partial charge in [0.2, 0.25) is 11.8 Å². The van der Waals surface area contributed by atoms with E-state index in [1.165, 1.54) is 24.3 Å². The molecule has 7 heteroatoms. The first-order valence-electron chi connectivity index (χ1n) is 7.16. The molecule has 122 valence electrons. The van der Waals surface area contributed by atoms with Gasteiger partial charge in [0.05, 0.1) is 11.6 Å². The molecule has 0 radical (unpaired) electrons. The average molecular weight is 333 g/mol. The van der Waals surface area contributed by atoms with Crippen molar-refractivity contribution < 1.29 is 19.4 Å². The summed E-state index contributed by atoms with van der Waals surface area (Å²) in [6.07, 6.45) is 1.59. The molecule has 3 aromatic rings. The van der Waals surface area contributed by atoms with Crippen LogP contribution in [0.4, 0.5) is 0 Å². The number of aromatic carboxylic acids is 1. The van der Waals surface area contributed by atoms with Crippen LogP contribution in [0.5, 0.6) is 23.3 Å². The topological polar surface area (TPSA) is 105 Å². The van der Waals surface area contributed by atoms with Crippen LogP contribution in [-0.4, -0.2) is 21.0 Å². The van der Waals surface area contributed by atoms with Gasteiger partial charge in [-0.2, -0.15) is 5.26 Å². The van der Waals surface area contributed by atoms with Crippen LogP contribution < -0.4 is 9.47 Å². The molecule has 0 bridgehead atoms. The molecule has 2 aromatic heterocycles. The number of nitriles is 1. The lowest BCUT2D eigenvalue weighted by atomic mass is 10.2. The van der Waals surface area contributed by atoms with Gasteiger partial charge in [0.15, 0.2) is 5.69 Å². The van der Waals surface area contributed by atoms with E-state index in [-0.39, 0.29) is 11.6 Å². The van der Waals surface area contributed by atoms with Crippen LogP contribution in [0.1, 0.15) is 16.1 Å². The predicted molar refractivity (Wildman–Crippen MR) is 86.7 cm³/mol. The Labute approximate surface area is 142 Å². The van der Waals surface area contributed by atoms with Gasteiger partial charge in [-0.05, 0) is 24.3 Å². The monoisotopic (exact) mass is 333 g/mol. The highest BCUT2D eigenvalue weighted by molar-refractivity contribution is 5.85. The fourth-order valence-corrected chi connectivity index (χ4v) is 1.99. The number of ether oxygens (including phenoxy) is 2. The zero-order valence-corrected chi connectivity index (χ0v) is 12.8. The summed E-state index contributed by atoms with van der Waals surface area (Å²) < 4.78 is 11.2. The normalized spacial score (nSPS) is 9.88. The van der Waals surface area contributed by atoms with Crippen LogP contribution in [0.3, 0.4) is 0 Å². The number of carboxylic acid groups (broad SMARTS) is 1. The lowest BCUT2D eigenvalue weighted by Gasteiger charge is -2.09. The maximum absolute atomic E-state index is 11.0. The molecule has 0 atom stereocenters. The summed E-state index contributed by atoms with van der Waals surface area (Å²) in [5.41, 5.74) is 0.178. The van der Waals surface area contributed by atoms with E-state index in [0.717, 1.165) is 0 Å². The zero-order valence-electron chi connectivity index (χ0n) is 12.8. The number of nitrogens with zero attached hydrogens (tertiary/aromatic N) is 3. The molecular formula is C18H11N3O4. The van der Waals surface area contributed by atoms with Crippen molar-refractivity contribution in [2.75, 3.05) is 0 Å². The molecule has 0 unspecified atom stereocenters. The minimum Gasteiger partial charge on any atom is -0.477 e. The van der Waals surface area contributed by atoms with Crippen molar-refractivity contribution in [3.05, 3.63) is 72.1 Å². The van der Waals surface area contributed by atoms with Gasteiger partial charge in [-0.15, -0.1) is 0 Å². The van der Waals surface area contributed by atoms with Crippen LogP contribution in [0.15, 0.2) is 60.8 Å². The predicted octanol–water partition coefficient (Wildman–Crippen LogP) is 3.63. The van der Waals surface area contributed by atoms with Crippen molar-refractivity contribution in [2.24, 2.45) is 0 Å². The summed E-state index contributed by atoms with van der Waals surface area (Å²) >= 11 is 0. The Bertz CT molecular complexity index is 952. The number of benzene rings is 1. The standard InChI is InChI=1S/C18H11N3O4/c19-11-12-8-13(24-16-5-1-2-7-20-16)10-14(9-12)25-17-6-3-4-15(21-17)18(22)23/h1-10H,(H,22,23). The molecule has 0 aliphatic carbocycles. The summed E-state index contributed by atoms with van der Waals surface area (Å²) in [5.74, 6) is -0.0362. The van der Waals surface area contributed by atoms with Crippen LogP contribution >= 0.6 is 0 Å². The lowest BCUT2D eigenvalue weighted by Crippen LogP contribution is -2.00. The molecule has 7 nitrogen and oxygen atoms in total. The minimum atomic E-state index is -1.16. The maximum atomic E-state index is 11.0. The Morgan fingerprint density at radius 2 is 1.72 bits per heavy atom. The van der Waals surface area contributed by atoms with Crippen molar-refractivity contribution in [3.8, 4) is 29.3 Å². The van der Waals surface area contributed by atoms with Crippen LogP contribution in [-0.2, 0) is 0 Å². The van der Waals surface area contributed by atoms with E-state index in [1.807, 2.05) is 6.07 Å². The highest BCUT2D eigenvalue weighted by Gasteiger charge is 2.09. The molecule has 0 aliphatic rings. The molecule has 0 aliphatic heterocycles. The van der Waals surface area contributed by atoms with Gasteiger partial charge in [0.25, 0.3) is 0 Å². The van der Waals surface area contributed by atoms with E-state index in [0.29, 0.717) is 22.9 Å². The van der Waals surface area contributed by atoms with Crippen molar-refractivity contribution in [1.82, 2.24) is 9.97 Å². The third-order valence-electron chi connectivity index (χ3n) is 3.03. The quantitative estimate of drug-likeness (QED) is 0.760. The fourth-order valence-electron chi connectivity index (χ4n) is 1.99. The zero-order chi connectivity index (χ0) is 17.6. The van der Waals surface area contributed by atoms with E-state index in [2.05, 4.69) is 9.97 Å². The molecular weight excluding hydrogens is 322 g/mol. The molecule has 0 spiro atoms. The summed E-state index contributed by atoms with van der Waals surface area (Å²) in [4.78, 5) is 18.9. The number of rotatable bonds is 5. The summed E-state index contributed by atoms with van der Waals surface area (Å²) in [6, 6.07) is 16.2. The maximum Gasteiger partial charge on any atom is 0.354 e. The van der Waals surface area contributed by atoms with E-state index in [9.17, 15) is 4.79 Å². The molecule has 0 saturated heterocycles. The molecule has 2 heterocycles. The van der Waals surface area contributed by atoms with Gasteiger partial charge in [0, 0.05) is 24.4 Å². The van der Waals surface area contributed by atoms with Gasteiger partial charge in [-0.1, -0.05) is 12.1 Å². The molecule has 3 rings (SSSR count). The highest BCUT2D eigenvalue weighted by atomic mass is 16.5. The van der Waals surface area contributed by atoms with E-state index < -0.39 is 5.97 Å². The first-order chi connectivity index (χ1) is 12.1. The van der Waals surface area contributed by atoms with Gasteiger partial charge >= 0.3 is 5.97 Å². The summed E-state index contributed by atoms with van der Waals surface area (Å²) in [6.45, 7) is 0. The van der Waals surface area contributed by atoms with E-state index in [4.69, 9.17) is 19.8 Å². The largest absolute Gasteiger partial charge is 0.477 e. The molecule has 1 aromatic carbocycles. The fraction of sp³-hybridized carbons (Fsp3) is 0. The van der Waals surface area contributed by atoms with Crippen molar-refractivity contribution in [2.45, 2.75) is 0 Å². The van der Waals surface area contributed by atoms with Crippen molar-refractivity contribution >= 4 is 5.97 Å². The lowest BCUT2D eigenvalue weighted by molar-refractivity contribution is 0.0689. The van der Waals surface area contributed by atoms with Gasteiger partial charge in [-0.3, -0.25) is 0 Å². The smallest absolute Gasteiger partial charge is 0.354 e. The first-order valence-corrected chi connectivity index (χ1v) is 7.16. The number of pyridine rings is 2. The van der Waals surface area contributed by atoms with Gasteiger partial charge in [-0.25, -0.2) is 14.8 Å². The molecule has 1 N–H and O–H groups in total. The van der Waals surface area contributed by atoms with Gasteiger partial charge < -0.3 is 14.6 Å². The van der Waals surface area contributed by atoms with Crippen molar-refractivity contribution in [1.29, 1.82) is 5.26 Å². The number of hydrogen-bond donors (Lipinski definition) is 1. The third kappa shape index (κ3) is 4.09. The average Bonchev–Trinajstić information content (AvgIpc) is 2.62. The van der Waals surface area contributed by atoms with E-state index >= 15 is 0 Å². The minimum absolute atomic E-state index is 0.0961. The Morgan fingerprint density at radius 3 is 2.36 bits per heavy atom. The SMILES string of the molecule is N#Cc1cc(Oc2ccccn2)cc(Oc2cccc(C(=O)O)n2)c1. The van der Waals surface area contributed by atoms with Crippen LogP contribution in [0.25, 0.3) is 0 Å². The second-order valence-electron chi connectivity index (χ2n) is 4.84. The third-order valence-corrected chi connectivity index (χ3v) is 3.03. The van der Waals surface area contributed by atoms with Gasteiger partial charge in [0.1, 0.15) is 11.5 Å². The Kier molecular flexibility index (Phi) is 4.53. The highest BCUT2D eigenvalue weighted by Crippen LogP contribution is 2.29. The van der Waals surface area contributed by atoms with Crippen molar-refractivity contribution in [3.63, 3.8) is 0 Å². The molecule has 0 saturated carbocycles.